The summed E-state index contributed by atoms with van der Waals surface area (Å²) in [7, 11) is -0.931. The first-order chi connectivity index (χ1) is 5.17. The van der Waals surface area contributed by atoms with Crippen LogP contribution >= 0.6 is 0 Å². The van der Waals surface area contributed by atoms with Crippen LogP contribution in [0.4, 0.5) is 0 Å². The van der Waals surface area contributed by atoms with E-state index in [0.29, 0.717) is 11.3 Å². The third-order valence-electron chi connectivity index (χ3n) is 2.37. The lowest BCUT2D eigenvalue weighted by Gasteiger charge is -2.33. The number of rotatable bonds is 3. The van der Waals surface area contributed by atoms with E-state index in [1.54, 1.807) is 0 Å². The molecule has 0 aliphatic carbocycles. The minimum atomic E-state index is -0.931. The van der Waals surface area contributed by atoms with E-state index in [0.717, 1.165) is 6.54 Å². The van der Waals surface area contributed by atoms with Crippen molar-refractivity contribution in [3.05, 3.63) is 0 Å². The molecule has 0 amide bonds. The van der Waals surface area contributed by atoms with Crippen molar-refractivity contribution in [2.75, 3.05) is 6.54 Å². The quantitative estimate of drug-likeness (QED) is 0.676. The third-order valence-corrected chi connectivity index (χ3v) is 4.09. The molecule has 74 valence electrons. The van der Waals surface area contributed by atoms with Crippen LogP contribution in [0.25, 0.3) is 0 Å². The van der Waals surface area contributed by atoms with Gasteiger partial charge in [-0.2, -0.15) is 0 Å². The van der Waals surface area contributed by atoms with E-state index in [-0.39, 0.29) is 0 Å². The molecule has 0 aliphatic rings. The van der Waals surface area contributed by atoms with Crippen LogP contribution in [-0.4, -0.2) is 14.6 Å². The largest absolute Gasteiger partial charge is 0.330 e. The molecule has 0 aliphatic heterocycles. The van der Waals surface area contributed by atoms with E-state index < -0.39 is 8.07 Å². The molecule has 0 saturated heterocycles. The molecule has 1 atom stereocenters. The van der Waals surface area contributed by atoms with Crippen molar-refractivity contribution in [1.29, 1.82) is 0 Å². The molecule has 0 radical (unpaired) electrons. The Labute approximate surface area is 78.7 Å². The molecular formula is C10H25NSi. The first-order valence-corrected chi connectivity index (χ1v) is 8.57. The molecule has 0 rings (SSSR count). The Morgan fingerprint density at radius 3 is 1.67 bits per heavy atom. The van der Waals surface area contributed by atoms with Gasteiger partial charge in [-0.25, -0.2) is 0 Å². The second kappa shape index (κ2) is 3.92. The number of nitrogens with two attached hydrogens (primary N) is 1. The van der Waals surface area contributed by atoms with Crippen LogP contribution in [0.5, 0.6) is 0 Å². The lowest BCUT2D eigenvalue weighted by Crippen LogP contribution is -2.35. The zero-order chi connectivity index (χ0) is 9.99. The highest BCUT2D eigenvalue weighted by atomic mass is 28.3. The fraction of sp³-hybridized carbons (Fsp3) is 1.00. The van der Waals surface area contributed by atoms with Gasteiger partial charge in [0.05, 0.1) is 0 Å². The molecule has 0 aromatic carbocycles. The molecule has 1 nitrogen and oxygen atoms in total. The van der Waals surface area contributed by atoms with Crippen molar-refractivity contribution < 1.29 is 0 Å². The lowest BCUT2D eigenvalue weighted by atomic mass is 9.82. The Morgan fingerprint density at radius 2 is 1.58 bits per heavy atom. The summed E-state index contributed by atoms with van der Waals surface area (Å²) in [5.74, 6) is 0.698. The maximum atomic E-state index is 5.79. The van der Waals surface area contributed by atoms with Crippen molar-refractivity contribution in [1.82, 2.24) is 0 Å². The van der Waals surface area contributed by atoms with Crippen LogP contribution in [0.3, 0.4) is 0 Å². The summed E-state index contributed by atoms with van der Waals surface area (Å²) in [6.07, 6.45) is 0. The van der Waals surface area contributed by atoms with Gasteiger partial charge >= 0.3 is 0 Å². The minimum Gasteiger partial charge on any atom is -0.330 e. The van der Waals surface area contributed by atoms with E-state index in [9.17, 15) is 0 Å². The third kappa shape index (κ3) is 4.94. The van der Waals surface area contributed by atoms with Gasteiger partial charge in [0.25, 0.3) is 0 Å². The van der Waals surface area contributed by atoms with Crippen molar-refractivity contribution in [2.45, 2.75) is 46.5 Å². The molecule has 2 heteroatoms. The van der Waals surface area contributed by atoms with E-state index in [4.69, 9.17) is 5.73 Å². The summed E-state index contributed by atoms with van der Waals surface area (Å²) in [6.45, 7) is 15.0. The van der Waals surface area contributed by atoms with Gasteiger partial charge in [-0.3, -0.25) is 0 Å². The first-order valence-electron chi connectivity index (χ1n) is 4.87. The molecular weight excluding hydrogens is 162 g/mol. The van der Waals surface area contributed by atoms with Crippen molar-refractivity contribution in [2.24, 2.45) is 17.1 Å². The number of hydrogen-bond acceptors (Lipinski definition) is 1. The predicted octanol–water partition coefficient (Wildman–Crippen LogP) is 2.95. The molecule has 0 bridgehead atoms. The molecule has 1 unspecified atom stereocenters. The Hall–Kier alpha value is 0.177. The van der Waals surface area contributed by atoms with Gasteiger partial charge < -0.3 is 5.73 Å². The fourth-order valence-corrected chi connectivity index (χ4v) is 3.74. The maximum Gasteiger partial charge on any atom is 0.0446 e. The maximum absolute atomic E-state index is 5.79. The second-order valence-electron chi connectivity index (χ2n) is 6.06. The number of hydrogen-bond donors (Lipinski definition) is 1. The zero-order valence-electron chi connectivity index (χ0n) is 9.57. The molecule has 0 heterocycles. The highest BCUT2D eigenvalue weighted by Crippen LogP contribution is 2.31. The van der Waals surface area contributed by atoms with Gasteiger partial charge in [-0.1, -0.05) is 46.5 Å². The highest BCUT2D eigenvalue weighted by molar-refractivity contribution is 6.76. The molecule has 0 spiro atoms. The summed E-state index contributed by atoms with van der Waals surface area (Å²) in [5, 5.41) is 0. The minimum absolute atomic E-state index is 0.384. The summed E-state index contributed by atoms with van der Waals surface area (Å²) in [6, 6.07) is 1.35. The van der Waals surface area contributed by atoms with Crippen LogP contribution in [0.1, 0.15) is 20.8 Å². The van der Waals surface area contributed by atoms with Gasteiger partial charge in [0, 0.05) is 8.07 Å². The lowest BCUT2D eigenvalue weighted by molar-refractivity contribution is 0.266. The van der Waals surface area contributed by atoms with Gasteiger partial charge in [0.15, 0.2) is 0 Å². The van der Waals surface area contributed by atoms with E-state index >= 15 is 0 Å². The monoisotopic (exact) mass is 187 g/mol. The fourth-order valence-electron chi connectivity index (χ4n) is 1.48. The van der Waals surface area contributed by atoms with Crippen molar-refractivity contribution in [3.8, 4) is 0 Å². The van der Waals surface area contributed by atoms with Crippen molar-refractivity contribution >= 4 is 8.07 Å². The standard InChI is InChI=1S/C10H25NSi/c1-10(2,3)9(7-11)8-12(4,5)6/h9H,7-8,11H2,1-6H3. The first kappa shape index (κ1) is 12.2. The van der Waals surface area contributed by atoms with E-state index in [2.05, 4.69) is 40.4 Å². The Balaban J connectivity index is 4.20. The van der Waals surface area contributed by atoms with Crippen molar-refractivity contribution in [3.63, 3.8) is 0 Å². The van der Waals surface area contributed by atoms with Gasteiger partial charge in [0.1, 0.15) is 0 Å². The Morgan fingerprint density at radius 1 is 1.17 bits per heavy atom. The molecule has 0 saturated carbocycles. The normalized spacial score (nSPS) is 16.2. The van der Waals surface area contributed by atoms with Crippen LogP contribution in [-0.2, 0) is 0 Å². The molecule has 12 heavy (non-hydrogen) atoms. The summed E-state index contributed by atoms with van der Waals surface area (Å²) in [4.78, 5) is 0. The molecule has 0 aromatic rings. The Kier molecular flexibility index (Phi) is 3.98. The van der Waals surface area contributed by atoms with Crippen LogP contribution in [0.15, 0.2) is 0 Å². The molecule has 2 N–H and O–H groups in total. The average molecular weight is 187 g/mol. The summed E-state index contributed by atoms with van der Waals surface area (Å²) < 4.78 is 0. The van der Waals surface area contributed by atoms with Crippen LogP contribution in [0.2, 0.25) is 25.7 Å². The van der Waals surface area contributed by atoms with Gasteiger partial charge in [-0.05, 0) is 17.9 Å². The van der Waals surface area contributed by atoms with Gasteiger partial charge in [0.2, 0.25) is 0 Å². The molecule has 0 fully saturated rings. The summed E-state index contributed by atoms with van der Waals surface area (Å²) >= 11 is 0. The van der Waals surface area contributed by atoms with E-state index in [1.807, 2.05) is 0 Å². The van der Waals surface area contributed by atoms with Crippen LogP contribution < -0.4 is 5.73 Å². The average Bonchev–Trinajstić information content (AvgIpc) is 1.78. The predicted molar refractivity (Wildman–Crippen MR) is 60.2 cm³/mol. The topological polar surface area (TPSA) is 26.0 Å². The van der Waals surface area contributed by atoms with E-state index in [1.165, 1.54) is 6.04 Å². The summed E-state index contributed by atoms with van der Waals surface area (Å²) in [5.41, 5.74) is 6.17. The zero-order valence-corrected chi connectivity index (χ0v) is 10.6. The smallest absolute Gasteiger partial charge is 0.0446 e. The molecule has 0 aromatic heterocycles. The Bertz CT molecular complexity index is 130. The highest BCUT2D eigenvalue weighted by Gasteiger charge is 2.28. The van der Waals surface area contributed by atoms with Crippen LogP contribution in [0, 0.1) is 11.3 Å². The SMILES string of the molecule is CC(C)(C)C(CN)C[Si](C)(C)C. The second-order valence-corrected chi connectivity index (χ2v) is 11.6. The van der Waals surface area contributed by atoms with Gasteiger partial charge in [-0.15, -0.1) is 0 Å².